The first-order valence-corrected chi connectivity index (χ1v) is 5.72. The van der Waals surface area contributed by atoms with Gasteiger partial charge in [0.2, 0.25) is 0 Å². The second-order valence-corrected chi connectivity index (χ2v) is 5.06. The van der Waals surface area contributed by atoms with E-state index in [1.165, 1.54) is 6.07 Å². The van der Waals surface area contributed by atoms with E-state index >= 15 is 0 Å². The second-order valence-electron chi connectivity index (χ2n) is 2.52. The Morgan fingerprint density at radius 1 is 1.42 bits per heavy atom. The van der Waals surface area contributed by atoms with Crippen LogP contribution in [0.1, 0.15) is 5.56 Å². The van der Waals surface area contributed by atoms with E-state index in [0.717, 1.165) is 5.56 Å². The van der Waals surface area contributed by atoms with Crippen molar-refractivity contribution in [3.63, 3.8) is 0 Å². The summed E-state index contributed by atoms with van der Waals surface area (Å²) in [6, 6.07) is 4.99. The van der Waals surface area contributed by atoms with Gasteiger partial charge in [0.1, 0.15) is 0 Å². The molecule has 0 amide bonds. The molecule has 3 nitrogen and oxygen atoms in total. The third kappa shape index (κ3) is 2.09. The molecular weight excluding hydrogens is 237 g/mol. The zero-order valence-corrected chi connectivity index (χ0v) is 9.17. The molecule has 1 rings (SSSR count). The van der Waals surface area contributed by atoms with Gasteiger partial charge in [-0.25, -0.2) is 0 Å². The van der Waals surface area contributed by atoms with E-state index in [4.69, 9.17) is 5.14 Å². The van der Waals surface area contributed by atoms with Crippen LogP contribution in [-0.4, -0.2) is 25.3 Å². The summed E-state index contributed by atoms with van der Waals surface area (Å²) < 4.78 is 22.5. The standard InChI is InChI=1S/C7H8AsNO2S/c1-5-2-3-7(6(8)4-5)12(9,10)11/h2-4H,1H3,(H2,9,10,11). The first kappa shape index (κ1) is 9.77. The molecule has 2 N–H and O–H groups in total. The van der Waals surface area contributed by atoms with Crippen LogP contribution in [0.25, 0.3) is 0 Å². The van der Waals surface area contributed by atoms with Gasteiger partial charge in [0.05, 0.1) is 0 Å². The van der Waals surface area contributed by atoms with Crippen molar-refractivity contribution in [1.29, 1.82) is 0 Å². The number of aryl methyl sites for hydroxylation is 1. The van der Waals surface area contributed by atoms with Crippen molar-refractivity contribution in [1.82, 2.24) is 0 Å². The molecule has 5 heteroatoms. The quantitative estimate of drug-likeness (QED) is 0.674. The van der Waals surface area contributed by atoms with Crippen LogP contribution >= 0.6 is 0 Å². The molecule has 12 heavy (non-hydrogen) atoms. The van der Waals surface area contributed by atoms with Gasteiger partial charge in [0, 0.05) is 0 Å². The van der Waals surface area contributed by atoms with E-state index in [9.17, 15) is 8.42 Å². The molecule has 0 aliphatic heterocycles. The summed E-state index contributed by atoms with van der Waals surface area (Å²) >= 11 is 2.19. The fourth-order valence-corrected chi connectivity index (χ4v) is 2.86. The van der Waals surface area contributed by atoms with Crippen LogP contribution in [0.3, 0.4) is 0 Å². The molecule has 0 fully saturated rings. The molecule has 64 valence electrons. The van der Waals surface area contributed by atoms with Crippen LogP contribution in [0, 0.1) is 6.92 Å². The first-order chi connectivity index (χ1) is 5.41. The van der Waals surface area contributed by atoms with E-state index in [-0.39, 0.29) is 4.90 Å². The van der Waals surface area contributed by atoms with Gasteiger partial charge in [0.25, 0.3) is 0 Å². The van der Waals surface area contributed by atoms with E-state index in [2.05, 4.69) is 16.9 Å². The molecule has 0 aliphatic rings. The van der Waals surface area contributed by atoms with Crippen molar-refractivity contribution in [2.45, 2.75) is 11.8 Å². The molecule has 0 spiro atoms. The Kier molecular flexibility index (Phi) is 2.61. The summed E-state index contributed by atoms with van der Waals surface area (Å²) in [6.45, 7) is 1.89. The minimum absolute atomic E-state index is 0.174. The Morgan fingerprint density at radius 2 is 2.00 bits per heavy atom. The molecule has 0 bridgehead atoms. The average Bonchev–Trinajstić information content (AvgIpc) is 1.83. The van der Waals surface area contributed by atoms with Gasteiger partial charge in [-0.3, -0.25) is 0 Å². The molecule has 0 unspecified atom stereocenters. The van der Waals surface area contributed by atoms with Gasteiger partial charge in [-0.15, -0.1) is 0 Å². The van der Waals surface area contributed by atoms with Crippen molar-refractivity contribution in [2.75, 3.05) is 0 Å². The van der Waals surface area contributed by atoms with Crippen LogP contribution in [0.15, 0.2) is 23.1 Å². The van der Waals surface area contributed by atoms with E-state index in [1.54, 1.807) is 12.1 Å². The number of rotatable bonds is 1. The van der Waals surface area contributed by atoms with Crippen molar-refractivity contribution in [2.24, 2.45) is 5.14 Å². The fourth-order valence-electron chi connectivity index (χ4n) is 0.868. The van der Waals surface area contributed by atoms with E-state index in [1.807, 2.05) is 6.92 Å². The Bertz CT molecular complexity index is 400. The maximum absolute atomic E-state index is 10.9. The Labute approximate surface area is 80.5 Å². The molecule has 0 aliphatic carbocycles. The molecule has 0 aromatic heterocycles. The van der Waals surface area contributed by atoms with Gasteiger partial charge in [-0.1, -0.05) is 0 Å². The van der Waals surface area contributed by atoms with Gasteiger partial charge < -0.3 is 0 Å². The average molecular weight is 245 g/mol. The van der Waals surface area contributed by atoms with Crippen LogP contribution in [-0.2, 0) is 10.0 Å². The van der Waals surface area contributed by atoms with Crippen molar-refractivity contribution >= 4 is 31.2 Å². The van der Waals surface area contributed by atoms with E-state index in [0.29, 0.717) is 4.35 Å². The van der Waals surface area contributed by atoms with Crippen LogP contribution < -0.4 is 9.49 Å². The number of hydrogen-bond acceptors (Lipinski definition) is 2. The van der Waals surface area contributed by atoms with Gasteiger partial charge in [-0.2, -0.15) is 0 Å². The SMILES string of the molecule is Cc1ccc(S(N)(=O)=O)c([As])c1. The topological polar surface area (TPSA) is 60.2 Å². The zero-order valence-electron chi connectivity index (χ0n) is 6.48. The number of primary sulfonamides is 1. The van der Waals surface area contributed by atoms with Crippen molar-refractivity contribution in [3.8, 4) is 0 Å². The summed E-state index contributed by atoms with van der Waals surface area (Å²) in [4.78, 5) is 0.174. The zero-order chi connectivity index (χ0) is 9.35. The van der Waals surface area contributed by atoms with Gasteiger partial charge in [0.15, 0.2) is 0 Å². The Balaban J connectivity index is 3.39. The molecule has 0 saturated carbocycles. The molecule has 0 heterocycles. The molecule has 0 saturated heterocycles. The predicted octanol–water partition coefficient (Wildman–Crippen LogP) is -0.564. The van der Waals surface area contributed by atoms with Crippen LogP contribution in [0.5, 0.6) is 0 Å². The molecule has 1 aromatic rings. The van der Waals surface area contributed by atoms with Crippen LogP contribution in [0.4, 0.5) is 0 Å². The molecule has 1 aromatic carbocycles. The maximum atomic E-state index is 10.9. The van der Waals surface area contributed by atoms with Gasteiger partial charge >= 0.3 is 80.4 Å². The number of sulfonamides is 1. The predicted molar refractivity (Wildman–Crippen MR) is 47.9 cm³/mol. The molecular formula is C7H8AsNO2S. The summed E-state index contributed by atoms with van der Waals surface area (Å²) in [6.07, 6.45) is 0. The number of hydrogen-bond donors (Lipinski definition) is 1. The van der Waals surface area contributed by atoms with Gasteiger partial charge in [-0.05, 0) is 0 Å². The molecule has 0 atom stereocenters. The van der Waals surface area contributed by atoms with Crippen molar-refractivity contribution in [3.05, 3.63) is 23.8 Å². The summed E-state index contributed by atoms with van der Waals surface area (Å²) in [5, 5.41) is 4.97. The Hall–Kier alpha value is -0.312. The third-order valence-electron chi connectivity index (χ3n) is 1.42. The fraction of sp³-hybridized carbons (Fsp3) is 0.143. The summed E-state index contributed by atoms with van der Waals surface area (Å²) in [5.74, 6) is 0. The minimum atomic E-state index is -3.57. The van der Waals surface area contributed by atoms with Crippen LogP contribution in [0.2, 0.25) is 0 Å². The monoisotopic (exact) mass is 245 g/mol. The summed E-state index contributed by atoms with van der Waals surface area (Å²) in [7, 11) is -3.57. The second kappa shape index (κ2) is 3.21. The summed E-state index contributed by atoms with van der Waals surface area (Å²) in [5.41, 5.74) is 1.01. The first-order valence-electron chi connectivity index (χ1n) is 3.23. The number of benzene rings is 1. The molecule has 2 radical (unpaired) electrons. The third-order valence-corrected chi connectivity index (χ3v) is 3.50. The number of nitrogens with two attached hydrogens (primary N) is 1. The Morgan fingerprint density at radius 3 is 2.42 bits per heavy atom. The van der Waals surface area contributed by atoms with E-state index < -0.39 is 10.0 Å². The normalized spacial score (nSPS) is 11.6. The van der Waals surface area contributed by atoms with Crippen molar-refractivity contribution < 1.29 is 8.42 Å².